The number of hydrogen-bond acceptors (Lipinski definition) is 3. The molecule has 0 aliphatic heterocycles. The van der Waals surface area contributed by atoms with Gasteiger partial charge in [-0.2, -0.15) is 0 Å². The Kier molecular flexibility index (Phi) is 6.66. The van der Waals surface area contributed by atoms with Gasteiger partial charge in [0.2, 0.25) is 5.95 Å². The number of benzene rings is 9. The lowest BCUT2D eigenvalue weighted by Gasteiger charge is -2.25. The van der Waals surface area contributed by atoms with Crippen LogP contribution in [-0.4, -0.2) is 18.9 Å². The van der Waals surface area contributed by atoms with E-state index in [2.05, 4.69) is 214 Å². The van der Waals surface area contributed by atoms with Gasteiger partial charge >= 0.3 is 0 Å². The van der Waals surface area contributed by atoms with Crippen molar-refractivity contribution in [1.82, 2.24) is 18.9 Å². The summed E-state index contributed by atoms with van der Waals surface area (Å²) in [6.07, 6.45) is 0. The van der Waals surface area contributed by atoms with Crippen molar-refractivity contribution in [2.45, 2.75) is 0 Å². The highest BCUT2D eigenvalue weighted by molar-refractivity contribution is 6.28. The van der Waals surface area contributed by atoms with Crippen LogP contribution < -0.4 is 4.90 Å². The molecule has 0 spiro atoms. The van der Waals surface area contributed by atoms with E-state index in [4.69, 9.17) is 9.97 Å². The van der Waals surface area contributed by atoms with E-state index in [1.54, 1.807) is 0 Å². The van der Waals surface area contributed by atoms with Crippen molar-refractivity contribution in [3.05, 3.63) is 200 Å². The van der Waals surface area contributed by atoms with Crippen molar-refractivity contribution in [3.63, 3.8) is 0 Å². The molecule has 274 valence electrons. The number of nitrogens with zero attached hydrogens (tertiary/aromatic N) is 5. The molecule has 0 amide bonds. The Bertz CT molecular complexity index is 3730. The molecule has 0 radical (unpaired) electrons. The first-order valence-corrected chi connectivity index (χ1v) is 20.1. The summed E-state index contributed by atoms with van der Waals surface area (Å²) in [5, 5.41) is 10.9. The second-order valence-corrected chi connectivity index (χ2v) is 15.4. The summed E-state index contributed by atoms with van der Waals surface area (Å²) in [7, 11) is 0. The quantitative estimate of drug-likeness (QED) is 0.176. The molecule has 5 nitrogen and oxygen atoms in total. The van der Waals surface area contributed by atoms with Crippen molar-refractivity contribution in [2.75, 3.05) is 4.90 Å². The summed E-state index contributed by atoms with van der Waals surface area (Å²) in [6, 6.07) is 71.6. The Morgan fingerprint density at radius 3 is 1.66 bits per heavy atom. The molecule has 4 heterocycles. The maximum Gasteiger partial charge on any atom is 0.235 e. The molecular formula is C54H33N5. The molecule has 59 heavy (non-hydrogen) atoms. The van der Waals surface area contributed by atoms with Gasteiger partial charge in [-0.25, -0.2) is 9.97 Å². The monoisotopic (exact) mass is 751 g/mol. The fourth-order valence-electron chi connectivity index (χ4n) is 9.67. The number of anilines is 3. The van der Waals surface area contributed by atoms with Gasteiger partial charge in [0, 0.05) is 65.7 Å². The largest absolute Gasteiger partial charge is 0.311 e. The normalized spacial score (nSPS) is 12.1. The van der Waals surface area contributed by atoms with Crippen LogP contribution in [0, 0.1) is 0 Å². The van der Waals surface area contributed by atoms with Crippen LogP contribution in [0.4, 0.5) is 17.1 Å². The van der Waals surface area contributed by atoms with Gasteiger partial charge in [0.05, 0.1) is 38.8 Å². The Morgan fingerprint density at radius 2 is 0.915 bits per heavy atom. The molecule has 0 atom stereocenters. The number of aromatic nitrogens is 4. The summed E-state index contributed by atoms with van der Waals surface area (Å²) in [4.78, 5) is 13.1. The first-order chi connectivity index (χ1) is 29.3. The van der Waals surface area contributed by atoms with Crippen LogP contribution in [0.25, 0.3) is 98.8 Å². The highest BCUT2D eigenvalue weighted by Gasteiger charge is 2.22. The molecule has 4 aromatic heterocycles. The van der Waals surface area contributed by atoms with E-state index in [0.29, 0.717) is 5.95 Å². The van der Waals surface area contributed by atoms with Crippen LogP contribution in [-0.2, 0) is 0 Å². The summed E-state index contributed by atoms with van der Waals surface area (Å²) in [6.45, 7) is 0. The molecule has 5 heteroatoms. The first kappa shape index (κ1) is 32.1. The third kappa shape index (κ3) is 4.61. The molecule has 13 rings (SSSR count). The molecule has 0 unspecified atom stereocenters. The second kappa shape index (κ2) is 12.2. The Hall–Kier alpha value is -8.02. The van der Waals surface area contributed by atoms with Gasteiger partial charge in [-0.15, -0.1) is 0 Å². The summed E-state index contributed by atoms with van der Waals surface area (Å²) >= 11 is 0. The average Bonchev–Trinajstić information content (AvgIpc) is 3.94. The molecule has 0 saturated carbocycles. The number of para-hydroxylation sites is 6. The minimum atomic E-state index is 0.646. The van der Waals surface area contributed by atoms with Gasteiger partial charge < -0.3 is 9.30 Å². The first-order valence-electron chi connectivity index (χ1n) is 20.1. The lowest BCUT2D eigenvalue weighted by atomic mass is 10.0. The van der Waals surface area contributed by atoms with E-state index < -0.39 is 0 Å². The SMILES string of the molecule is c1ccc(N(c2ccccc2)c2ccc(-c3nc(-n4c5ccccc5c5cc6ccc7c8cccc9c%10ccccc%10n(c7c6cc54)c98)nc4ccccc34)cc2)cc1. The minimum Gasteiger partial charge on any atom is -0.311 e. The number of hydrogen-bond donors (Lipinski definition) is 0. The lowest BCUT2D eigenvalue weighted by Crippen LogP contribution is -2.09. The predicted molar refractivity (Wildman–Crippen MR) is 246 cm³/mol. The van der Waals surface area contributed by atoms with Crippen LogP contribution in [0.1, 0.15) is 0 Å². The molecule has 0 fully saturated rings. The van der Waals surface area contributed by atoms with Crippen molar-refractivity contribution < 1.29 is 0 Å². The van der Waals surface area contributed by atoms with Crippen molar-refractivity contribution >= 4 is 98.6 Å². The van der Waals surface area contributed by atoms with Gasteiger partial charge in [-0.3, -0.25) is 4.57 Å². The molecule has 0 saturated heterocycles. The molecule has 0 aliphatic carbocycles. The van der Waals surface area contributed by atoms with E-state index in [0.717, 1.165) is 50.3 Å². The van der Waals surface area contributed by atoms with Crippen LogP contribution >= 0.6 is 0 Å². The van der Waals surface area contributed by atoms with Crippen LogP contribution in [0.5, 0.6) is 0 Å². The molecule has 0 aliphatic rings. The van der Waals surface area contributed by atoms with Crippen molar-refractivity contribution in [2.24, 2.45) is 0 Å². The van der Waals surface area contributed by atoms with Crippen LogP contribution in [0.3, 0.4) is 0 Å². The summed E-state index contributed by atoms with van der Waals surface area (Å²) in [5.74, 6) is 0.646. The van der Waals surface area contributed by atoms with E-state index in [-0.39, 0.29) is 0 Å². The Morgan fingerprint density at radius 1 is 0.356 bits per heavy atom. The van der Waals surface area contributed by atoms with Gasteiger partial charge in [0.15, 0.2) is 0 Å². The highest BCUT2D eigenvalue weighted by Crippen LogP contribution is 2.44. The van der Waals surface area contributed by atoms with Crippen LogP contribution in [0.15, 0.2) is 200 Å². The average molecular weight is 752 g/mol. The standard InChI is InChI=1S/C54H33N5/c1-3-14-36(15-4-1)57(37-16-5-2-6-17-37)38-29-26-34(27-30-38)51-44-20-7-10-23-47(44)55-54(56-51)58-48-24-11-9-19-40(48)46-32-35-28-31-43-42-22-13-21-41-39-18-8-12-25-49(39)59(52(41)42)53(43)45(35)33-50(46)58/h1-33H. The topological polar surface area (TPSA) is 38.4 Å². The van der Waals surface area contributed by atoms with Crippen molar-refractivity contribution in [1.29, 1.82) is 0 Å². The third-order valence-electron chi connectivity index (χ3n) is 12.2. The van der Waals surface area contributed by atoms with Gasteiger partial charge in [0.1, 0.15) is 0 Å². The Balaban J connectivity index is 1.05. The molecular weight excluding hydrogens is 719 g/mol. The zero-order valence-electron chi connectivity index (χ0n) is 31.8. The van der Waals surface area contributed by atoms with Gasteiger partial charge in [0.25, 0.3) is 0 Å². The second-order valence-electron chi connectivity index (χ2n) is 15.4. The zero-order chi connectivity index (χ0) is 38.6. The third-order valence-corrected chi connectivity index (χ3v) is 12.2. The maximum atomic E-state index is 5.49. The lowest BCUT2D eigenvalue weighted by molar-refractivity contribution is 1.01. The van der Waals surface area contributed by atoms with Gasteiger partial charge in [-0.1, -0.05) is 133 Å². The Labute approximate surface area is 338 Å². The maximum absolute atomic E-state index is 5.49. The summed E-state index contributed by atoms with van der Waals surface area (Å²) < 4.78 is 4.76. The van der Waals surface area contributed by atoms with Crippen molar-refractivity contribution in [3.8, 4) is 17.2 Å². The molecule has 0 bridgehead atoms. The fourth-order valence-corrected chi connectivity index (χ4v) is 9.67. The zero-order valence-corrected chi connectivity index (χ0v) is 31.8. The summed E-state index contributed by atoms with van der Waals surface area (Å²) in [5.41, 5.74) is 12.0. The molecule has 9 aromatic carbocycles. The fraction of sp³-hybridized carbons (Fsp3) is 0. The smallest absolute Gasteiger partial charge is 0.235 e. The minimum absolute atomic E-state index is 0.646. The molecule has 0 N–H and O–H groups in total. The highest BCUT2D eigenvalue weighted by atomic mass is 15.2. The van der Waals surface area contributed by atoms with E-state index in [1.165, 1.54) is 59.6 Å². The van der Waals surface area contributed by atoms with E-state index >= 15 is 0 Å². The number of fused-ring (bicyclic) bond motifs is 12. The molecule has 13 aromatic rings. The van der Waals surface area contributed by atoms with E-state index in [9.17, 15) is 0 Å². The van der Waals surface area contributed by atoms with Gasteiger partial charge in [-0.05, 0) is 72.1 Å². The van der Waals surface area contributed by atoms with Crippen LogP contribution in [0.2, 0.25) is 0 Å². The number of rotatable bonds is 5. The van der Waals surface area contributed by atoms with E-state index in [1.807, 2.05) is 0 Å². The predicted octanol–water partition coefficient (Wildman–Crippen LogP) is 14.2.